The van der Waals surface area contributed by atoms with Gasteiger partial charge in [-0.1, -0.05) is 42.4 Å². The molecule has 1 aromatic heterocycles. The highest BCUT2D eigenvalue weighted by Crippen LogP contribution is 2.26. The molecule has 142 valence electrons. The van der Waals surface area contributed by atoms with E-state index in [1.54, 1.807) is 17.0 Å². The Morgan fingerprint density at radius 1 is 1.21 bits per heavy atom. The number of amides is 2. The van der Waals surface area contributed by atoms with Gasteiger partial charge in [-0.2, -0.15) is 4.98 Å². The SMILES string of the molecule is CCc1nc(-c2cccc(NC(=O)[C@H]3CC(=O)N(c4ccccc4)C3)c2)no1. The van der Waals surface area contributed by atoms with Crippen molar-refractivity contribution in [2.75, 3.05) is 16.8 Å². The van der Waals surface area contributed by atoms with Crippen LogP contribution in [0.2, 0.25) is 0 Å². The number of benzene rings is 2. The quantitative estimate of drug-likeness (QED) is 0.738. The number of hydrogen-bond donors (Lipinski definition) is 1. The van der Waals surface area contributed by atoms with E-state index in [9.17, 15) is 9.59 Å². The molecule has 0 unspecified atom stereocenters. The number of nitrogens with one attached hydrogen (secondary N) is 1. The number of rotatable bonds is 5. The molecule has 2 amide bonds. The molecule has 4 rings (SSSR count). The van der Waals surface area contributed by atoms with Gasteiger partial charge in [0.2, 0.25) is 23.5 Å². The maximum absolute atomic E-state index is 12.7. The Morgan fingerprint density at radius 3 is 2.79 bits per heavy atom. The largest absolute Gasteiger partial charge is 0.339 e. The predicted molar refractivity (Wildman–Crippen MR) is 105 cm³/mol. The van der Waals surface area contributed by atoms with E-state index in [0.29, 0.717) is 30.4 Å². The van der Waals surface area contributed by atoms with Crippen LogP contribution >= 0.6 is 0 Å². The summed E-state index contributed by atoms with van der Waals surface area (Å²) in [7, 11) is 0. The molecule has 1 aliphatic rings. The van der Waals surface area contributed by atoms with Crippen LogP contribution in [0.4, 0.5) is 11.4 Å². The predicted octanol–water partition coefficient (Wildman–Crippen LogP) is 3.29. The summed E-state index contributed by atoms with van der Waals surface area (Å²) in [6.45, 7) is 2.31. The molecular weight excluding hydrogens is 356 g/mol. The van der Waals surface area contributed by atoms with Crippen molar-refractivity contribution in [3.05, 3.63) is 60.5 Å². The monoisotopic (exact) mass is 376 g/mol. The highest BCUT2D eigenvalue weighted by molar-refractivity contribution is 6.03. The van der Waals surface area contributed by atoms with Crippen LogP contribution in [0.5, 0.6) is 0 Å². The van der Waals surface area contributed by atoms with Gasteiger partial charge in [0.05, 0.1) is 5.92 Å². The Morgan fingerprint density at radius 2 is 2.04 bits per heavy atom. The van der Waals surface area contributed by atoms with E-state index in [1.165, 1.54) is 0 Å². The zero-order valence-electron chi connectivity index (χ0n) is 15.5. The van der Waals surface area contributed by atoms with Crippen molar-refractivity contribution in [2.24, 2.45) is 5.92 Å². The third kappa shape index (κ3) is 3.64. The van der Waals surface area contributed by atoms with Crippen molar-refractivity contribution in [2.45, 2.75) is 19.8 Å². The Kier molecular flexibility index (Phi) is 4.89. The highest BCUT2D eigenvalue weighted by Gasteiger charge is 2.35. The second kappa shape index (κ2) is 7.64. The molecule has 7 heteroatoms. The highest BCUT2D eigenvalue weighted by atomic mass is 16.5. The fraction of sp³-hybridized carbons (Fsp3) is 0.238. The number of carbonyl (C=O) groups is 2. The maximum Gasteiger partial charge on any atom is 0.229 e. The zero-order valence-corrected chi connectivity index (χ0v) is 15.5. The number of para-hydroxylation sites is 1. The van der Waals surface area contributed by atoms with E-state index in [1.807, 2.05) is 49.4 Å². The van der Waals surface area contributed by atoms with Gasteiger partial charge in [0.25, 0.3) is 0 Å². The van der Waals surface area contributed by atoms with Gasteiger partial charge in [-0.3, -0.25) is 9.59 Å². The Balaban J connectivity index is 1.45. The molecule has 0 bridgehead atoms. The maximum atomic E-state index is 12.7. The molecule has 0 aliphatic carbocycles. The molecule has 1 atom stereocenters. The van der Waals surface area contributed by atoms with E-state index in [4.69, 9.17) is 4.52 Å². The van der Waals surface area contributed by atoms with Crippen molar-refractivity contribution >= 4 is 23.2 Å². The molecule has 2 aromatic carbocycles. The molecule has 1 fully saturated rings. The normalized spacial score (nSPS) is 16.4. The third-order valence-corrected chi connectivity index (χ3v) is 4.72. The lowest BCUT2D eigenvalue weighted by Gasteiger charge is -2.16. The molecular formula is C21H20N4O3. The summed E-state index contributed by atoms with van der Waals surface area (Å²) in [6, 6.07) is 16.7. The molecule has 28 heavy (non-hydrogen) atoms. The van der Waals surface area contributed by atoms with Crippen LogP contribution in [0.15, 0.2) is 59.1 Å². The molecule has 1 N–H and O–H groups in total. The van der Waals surface area contributed by atoms with E-state index >= 15 is 0 Å². The second-order valence-corrected chi connectivity index (χ2v) is 6.68. The van der Waals surface area contributed by atoms with Gasteiger partial charge in [0.15, 0.2) is 0 Å². The average molecular weight is 376 g/mol. The number of hydrogen-bond acceptors (Lipinski definition) is 5. The van der Waals surface area contributed by atoms with Crippen LogP contribution in [0, 0.1) is 5.92 Å². The average Bonchev–Trinajstić information content (AvgIpc) is 3.36. The molecule has 0 saturated carbocycles. The smallest absolute Gasteiger partial charge is 0.229 e. The molecule has 7 nitrogen and oxygen atoms in total. The molecule has 3 aromatic rings. The summed E-state index contributed by atoms with van der Waals surface area (Å²) in [6.07, 6.45) is 0.863. The van der Waals surface area contributed by atoms with Crippen LogP contribution in [0.25, 0.3) is 11.4 Å². The van der Waals surface area contributed by atoms with E-state index in [0.717, 1.165) is 11.3 Å². The standard InChI is InChI=1S/C21H20N4O3/c1-2-18-23-20(24-28-18)14-7-6-8-16(11-14)22-21(27)15-12-19(26)25(13-15)17-9-4-3-5-10-17/h3-11,15H,2,12-13H2,1H3,(H,22,27)/t15-/m0/s1. The first-order valence-corrected chi connectivity index (χ1v) is 9.23. The van der Waals surface area contributed by atoms with E-state index < -0.39 is 5.92 Å². The van der Waals surface area contributed by atoms with Gasteiger partial charge in [0.1, 0.15) is 0 Å². The summed E-state index contributed by atoms with van der Waals surface area (Å²) in [4.78, 5) is 31.0. The lowest BCUT2D eigenvalue weighted by molar-refractivity contribution is -0.122. The second-order valence-electron chi connectivity index (χ2n) is 6.68. The summed E-state index contributed by atoms with van der Waals surface area (Å²) < 4.78 is 5.14. The molecule has 0 radical (unpaired) electrons. The Bertz CT molecular complexity index is 1000. The Labute approximate surface area is 162 Å². The fourth-order valence-electron chi connectivity index (χ4n) is 3.24. The van der Waals surface area contributed by atoms with Crippen LogP contribution in [0.3, 0.4) is 0 Å². The lowest BCUT2D eigenvalue weighted by atomic mass is 10.1. The topological polar surface area (TPSA) is 88.3 Å². The first-order chi connectivity index (χ1) is 13.6. The van der Waals surface area contributed by atoms with Crippen molar-refractivity contribution < 1.29 is 14.1 Å². The van der Waals surface area contributed by atoms with Crippen LogP contribution < -0.4 is 10.2 Å². The van der Waals surface area contributed by atoms with Gasteiger partial charge >= 0.3 is 0 Å². The first kappa shape index (κ1) is 17.9. The van der Waals surface area contributed by atoms with Crippen LogP contribution in [-0.4, -0.2) is 28.5 Å². The van der Waals surface area contributed by atoms with Crippen LogP contribution in [0.1, 0.15) is 19.2 Å². The summed E-state index contributed by atoms with van der Waals surface area (Å²) in [5, 5.41) is 6.86. The van der Waals surface area contributed by atoms with Crippen molar-refractivity contribution in [3.8, 4) is 11.4 Å². The number of aromatic nitrogens is 2. The third-order valence-electron chi connectivity index (χ3n) is 4.72. The minimum atomic E-state index is -0.395. The van der Waals surface area contributed by atoms with Crippen molar-refractivity contribution in [1.82, 2.24) is 10.1 Å². The minimum Gasteiger partial charge on any atom is -0.339 e. The van der Waals surface area contributed by atoms with Gasteiger partial charge in [0, 0.05) is 36.3 Å². The zero-order chi connectivity index (χ0) is 19.5. The summed E-state index contributed by atoms with van der Waals surface area (Å²) in [5.74, 6) is 0.438. The molecule has 1 aliphatic heterocycles. The van der Waals surface area contributed by atoms with Crippen LogP contribution in [-0.2, 0) is 16.0 Å². The first-order valence-electron chi connectivity index (χ1n) is 9.23. The summed E-state index contributed by atoms with van der Waals surface area (Å²) in [5.41, 5.74) is 2.21. The molecule has 0 spiro atoms. The fourth-order valence-corrected chi connectivity index (χ4v) is 3.24. The molecule has 1 saturated heterocycles. The van der Waals surface area contributed by atoms with Gasteiger partial charge in [-0.25, -0.2) is 0 Å². The van der Waals surface area contributed by atoms with Crippen molar-refractivity contribution in [3.63, 3.8) is 0 Å². The lowest BCUT2D eigenvalue weighted by Crippen LogP contribution is -2.28. The number of carbonyl (C=O) groups excluding carboxylic acids is 2. The van der Waals surface area contributed by atoms with Gasteiger partial charge in [-0.15, -0.1) is 0 Å². The minimum absolute atomic E-state index is 0.0426. The summed E-state index contributed by atoms with van der Waals surface area (Å²) >= 11 is 0. The number of aryl methyl sites for hydroxylation is 1. The van der Waals surface area contributed by atoms with E-state index in [-0.39, 0.29) is 18.2 Å². The van der Waals surface area contributed by atoms with Gasteiger partial charge < -0.3 is 14.7 Å². The van der Waals surface area contributed by atoms with Gasteiger partial charge in [-0.05, 0) is 24.3 Å². The number of nitrogens with zero attached hydrogens (tertiary/aromatic N) is 3. The Hall–Kier alpha value is -3.48. The van der Waals surface area contributed by atoms with E-state index in [2.05, 4.69) is 15.5 Å². The number of anilines is 2. The van der Waals surface area contributed by atoms with Crippen molar-refractivity contribution in [1.29, 1.82) is 0 Å². The molecule has 2 heterocycles.